The first-order valence-corrected chi connectivity index (χ1v) is 11.7. The predicted octanol–water partition coefficient (Wildman–Crippen LogP) is 6.87. The molecule has 0 atom stereocenters. The Hall–Kier alpha value is -2.26. The summed E-state index contributed by atoms with van der Waals surface area (Å²) in [5.74, 6) is -2.03. The van der Waals surface area contributed by atoms with Gasteiger partial charge >= 0.3 is 18.3 Å². The van der Waals surface area contributed by atoms with Gasteiger partial charge in [0.1, 0.15) is 0 Å². The van der Waals surface area contributed by atoms with E-state index in [1.807, 2.05) is 0 Å². The van der Waals surface area contributed by atoms with Crippen molar-refractivity contribution in [1.82, 2.24) is 4.90 Å². The van der Waals surface area contributed by atoms with Crippen LogP contribution in [0.25, 0.3) is 0 Å². The van der Waals surface area contributed by atoms with Gasteiger partial charge in [-0.1, -0.05) is 45.4 Å². The van der Waals surface area contributed by atoms with Crippen LogP contribution in [-0.2, 0) is 21.9 Å². The molecule has 34 heavy (non-hydrogen) atoms. The van der Waals surface area contributed by atoms with Crippen LogP contribution in [0.1, 0.15) is 86.2 Å². The third kappa shape index (κ3) is 8.20. The second kappa shape index (κ2) is 12.4. The van der Waals surface area contributed by atoms with Crippen LogP contribution >= 0.6 is 0 Å². The lowest BCUT2D eigenvalue weighted by atomic mass is 9.95. The summed E-state index contributed by atoms with van der Waals surface area (Å²) in [4.78, 5) is 26.0. The van der Waals surface area contributed by atoms with E-state index in [1.54, 1.807) is 0 Å². The number of rotatable bonds is 10. The number of hydrogen-bond donors (Lipinski definition) is 0. The summed E-state index contributed by atoms with van der Waals surface area (Å²) in [6.45, 7) is 2.36. The van der Waals surface area contributed by atoms with Gasteiger partial charge in [-0.15, -0.1) is 0 Å². The molecule has 1 heterocycles. The molecule has 0 aliphatic carbocycles. The third-order valence-corrected chi connectivity index (χ3v) is 5.99. The summed E-state index contributed by atoms with van der Waals surface area (Å²) < 4.78 is 84.2. The Morgan fingerprint density at radius 1 is 0.912 bits per heavy atom. The molecular formula is C24H31F6NO3. The molecule has 0 unspecified atom stereocenters. The van der Waals surface area contributed by atoms with Gasteiger partial charge in [-0.05, 0) is 37.5 Å². The molecule has 0 aromatic heterocycles. The van der Waals surface area contributed by atoms with Crippen molar-refractivity contribution in [3.05, 3.63) is 34.9 Å². The lowest BCUT2D eigenvalue weighted by Gasteiger charge is -2.31. The average Bonchev–Trinajstić information content (AvgIpc) is 2.78. The van der Waals surface area contributed by atoms with Crippen molar-refractivity contribution in [3.63, 3.8) is 0 Å². The number of unbranched alkanes of at least 4 members (excludes halogenated alkanes) is 6. The molecule has 1 fully saturated rings. The van der Waals surface area contributed by atoms with E-state index in [1.165, 1.54) is 19.3 Å². The van der Waals surface area contributed by atoms with E-state index >= 15 is 0 Å². The molecule has 0 N–H and O–H groups in total. The highest BCUT2D eigenvalue weighted by atomic mass is 19.4. The number of benzene rings is 1. The summed E-state index contributed by atoms with van der Waals surface area (Å²) in [6, 6.07) is 0.838. The summed E-state index contributed by atoms with van der Waals surface area (Å²) in [6.07, 6.45) is -1.98. The van der Waals surface area contributed by atoms with E-state index in [4.69, 9.17) is 4.74 Å². The fourth-order valence-corrected chi connectivity index (χ4v) is 3.98. The molecule has 4 nitrogen and oxygen atoms in total. The van der Waals surface area contributed by atoms with Crippen LogP contribution in [-0.4, -0.2) is 36.5 Å². The van der Waals surface area contributed by atoms with Crippen LogP contribution in [0, 0.1) is 5.92 Å². The molecule has 1 aliphatic heterocycles. The smallest absolute Gasteiger partial charge is 0.417 e. The highest BCUT2D eigenvalue weighted by Crippen LogP contribution is 2.37. The average molecular weight is 496 g/mol. The lowest BCUT2D eigenvalue weighted by molar-refractivity contribution is -0.150. The van der Waals surface area contributed by atoms with Crippen molar-refractivity contribution >= 4 is 11.9 Å². The maximum absolute atomic E-state index is 13.3. The highest BCUT2D eigenvalue weighted by Gasteiger charge is 2.40. The summed E-state index contributed by atoms with van der Waals surface area (Å²) in [5, 5.41) is 0. The van der Waals surface area contributed by atoms with Gasteiger partial charge in [0, 0.05) is 13.1 Å². The minimum absolute atomic E-state index is 0.0381. The third-order valence-electron chi connectivity index (χ3n) is 5.99. The molecule has 192 valence electrons. The van der Waals surface area contributed by atoms with Crippen LogP contribution in [0.2, 0.25) is 0 Å². The van der Waals surface area contributed by atoms with Gasteiger partial charge in [-0.2, -0.15) is 26.3 Å². The number of carbonyl (C=O) groups is 2. The molecule has 1 amide bonds. The van der Waals surface area contributed by atoms with E-state index in [2.05, 4.69) is 6.92 Å². The fourth-order valence-electron chi connectivity index (χ4n) is 3.98. The number of ether oxygens (including phenoxy) is 1. The number of carbonyl (C=O) groups excluding carboxylic acids is 2. The molecule has 1 aromatic carbocycles. The SMILES string of the molecule is CCCCCCCCCOC(=O)C1CCN(C(=O)c2cc(C(F)(F)F)ccc2C(F)(F)F)CC1. The first-order chi connectivity index (χ1) is 15.9. The van der Waals surface area contributed by atoms with Crippen LogP contribution in [0.3, 0.4) is 0 Å². The zero-order chi connectivity index (χ0) is 25.4. The molecule has 1 saturated heterocycles. The van der Waals surface area contributed by atoms with E-state index < -0.39 is 46.8 Å². The zero-order valence-corrected chi connectivity index (χ0v) is 19.2. The van der Waals surface area contributed by atoms with Gasteiger partial charge in [0.25, 0.3) is 5.91 Å². The van der Waals surface area contributed by atoms with Crippen molar-refractivity contribution < 1.29 is 40.7 Å². The monoisotopic (exact) mass is 495 g/mol. The largest absolute Gasteiger partial charge is 0.465 e. The molecule has 0 bridgehead atoms. The van der Waals surface area contributed by atoms with Gasteiger partial charge < -0.3 is 9.64 Å². The molecule has 2 rings (SSSR count). The summed E-state index contributed by atoms with van der Waals surface area (Å²) in [5.41, 5.74) is -3.78. The van der Waals surface area contributed by atoms with Crippen molar-refractivity contribution in [2.24, 2.45) is 5.92 Å². The Kier molecular flexibility index (Phi) is 10.2. The second-order valence-corrected chi connectivity index (χ2v) is 8.61. The lowest BCUT2D eigenvalue weighted by Crippen LogP contribution is -2.41. The topological polar surface area (TPSA) is 46.6 Å². The number of likely N-dealkylation sites (tertiary alicyclic amines) is 1. The van der Waals surface area contributed by atoms with Gasteiger partial charge in [-0.3, -0.25) is 9.59 Å². The first-order valence-electron chi connectivity index (χ1n) is 11.7. The van der Waals surface area contributed by atoms with Gasteiger partial charge in [-0.25, -0.2) is 0 Å². The van der Waals surface area contributed by atoms with Crippen molar-refractivity contribution in [2.75, 3.05) is 19.7 Å². The van der Waals surface area contributed by atoms with Crippen molar-refractivity contribution in [2.45, 2.75) is 77.1 Å². The number of nitrogens with zero attached hydrogens (tertiary/aromatic N) is 1. The maximum atomic E-state index is 13.3. The molecule has 0 radical (unpaired) electrons. The predicted molar refractivity (Wildman–Crippen MR) is 114 cm³/mol. The van der Waals surface area contributed by atoms with Gasteiger partial charge in [0.05, 0.1) is 29.2 Å². The number of piperidine rings is 1. The normalized spacial score (nSPS) is 15.4. The van der Waals surface area contributed by atoms with Crippen molar-refractivity contribution in [1.29, 1.82) is 0 Å². The maximum Gasteiger partial charge on any atom is 0.417 e. The fraction of sp³-hybridized carbons (Fsp3) is 0.667. The van der Waals surface area contributed by atoms with Gasteiger partial charge in [0.15, 0.2) is 0 Å². The van der Waals surface area contributed by atoms with Crippen molar-refractivity contribution in [3.8, 4) is 0 Å². The molecule has 0 spiro atoms. The van der Waals surface area contributed by atoms with Crippen LogP contribution in [0.4, 0.5) is 26.3 Å². The van der Waals surface area contributed by atoms with Crippen LogP contribution < -0.4 is 0 Å². The van der Waals surface area contributed by atoms with Crippen LogP contribution in [0.15, 0.2) is 18.2 Å². The van der Waals surface area contributed by atoms with E-state index in [0.29, 0.717) is 12.7 Å². The molecular weight excluding hydrogens is 464 g/mol. The standard InChI is InChI=1S/C24H31F6NO3/c1-2-3-4-5-6-7-8-15-34-22(33)17-11-13-31(14-12-17)21(32)19-16-18(23(25,26)27)9-10-20(19)24(28,29)30/h9-10,16-17H,2-8,11-15H2,1H3. The second-order valence-electron chi connectivity index (χ2n) is 8.61. The minimum Gasteiger partial charge on any atom is -0.465 e. The Bertz CT molecular complexity index is 814. The Morgan fingerprint density at radius 2 is 1.50 bits per heavy atom. The minimum atomic E-state index is -4.98. The first kappa shape index (κ1) is 28.0. The molecule has 1 aliphatic rings. The summed E-state index contributed by atoms with van der Waals surface area (Å²) >= 11 is 0. The van der Waals surface area contributed by atoms with Crippen LogP contribution in [0.5, 0.6) is 0 Å². The summed E-state index contributed by atoms with van der Waals surface area (Å²) in [7, 11) is 0. The number of esters is 1. The highest BCUT2D eigenvalue weighted by molar-refractivity contribution is 5.96. The Labute approximate surface area is 195 Å². The van der Waals surface area contributed by atoms with E-state index in [-0.39, 0.29) is 38.1 Å². The number of alkyl halides is 6. The number of hydrogen-bond acceptors (Lipinski definition) is 3. The Balaban J connectivity index is 1.89. The number of amides is 1. The van der Waals surface area contributed by atoms with E-state index in [0.717, 1.165) is 30.6 Å². The Morgan fingerprint density at radius 3 is 2.06 bits per heavy atom. The van der Waals surface area contributed by atoms with E-state index in [9.17, 15) is 35.9 Å². The number of halogens is 6. The molecule has 1 aromatic rings. The molecule has 10 heteroatoms. The molecule has 0 saturated carbocycles. The quantitative estimate of drug-likeness (QED) is 0.202. The zero-order valence-electron chi connectivity index (χ0n) is 19.2. The van der Waals surface area contributed by atoms with Gasteiger partial charge in [0.2, 0.25) is 0 Å².